The average molecular weight is 413 g/mol. The molecule has 6 heteroatoms. The van der Waals surface area contributed by atoms with Crippen LogP contribution in [0.2, 0.25) is 0 Å². The van der Waals surface area contributed by atoms with Crippen molar-refractivity contribution in [2.45, 2.75) is 45.8 Å². The molecule has 0 saturated carbocycles. The second kappa shape index (κ2) is 10.2. The molecule has 0 aliphatic carbocycles. The van der Waals surface area contributed by atoms with Gasteiger partial charge < -0.3 is 15.0 Å². The van der Waals surface area contributed by atoms with Gasteiger partial charge in [0.1, 0.15) is 11.6 Å². The number of halogens is 1. The van der Waals surface area contributed by atoms with Crippen LogP contribution in [0.1, 0.15) is 37.8 Å². The predicted octanol–water partition coefficient (Wildman–Crippen LogP) is 3.71. The lowest BCUT2D eigenvalue weighted by atomic mass is 9.96. The zero-order valence-corrected chi connectivity index (χ0v) is 17.6. The van der Waals surface area contributed by atoms with Gasteiger partial charge in [-0.3, -0.25) is 9.59 Å². The van der Waals surface area contributed by atoms with Crippen LogP contribution >= 0.6 is 0 Å². The van der Waals surface area contributed by atoms with Gasteiger partial charge in [-0.2, -0.15) is 0 Å². The van der Waals surface area contributed by atoms with Crippen molar-refractivity contribution in [1.29, 1.82) is 0 Å². The molecular weight excluding hydrogens is 383 g/mol. The Balaban J connectivity index is 1.47. The van der Waals surface area contributed by atoms with E-state index in [1.807, 2.05) is 38.1 Å². The third-order valence-corrected chi connectivity index (χ3v) is 5.14. The van der Waals surface area contributed by atoms with Gasteiger partial charge in [-0.05, 0) is 62.1 Å². The monoisotopic (exact) mass is 412 g/mol. The number of nitrogens with zero attached hydrogens (tertiary/aromatic N) is 1. The Labute approximate surface area is 177 Å². The van der Waals surface area contributed by atoms with Crippen LogP contribution in [0.3, 0.4) is 0 Å². The Morgan fingerprint density at radius 3 is 2.67 bits per heavy atom. The number of likely N-dealkylation sites (tertiary alicyclic amines) is 1. The summed E-state index contributed by atoms with van der Waals surface area (Å²) in [7, 11) is 0. The summed E-state index contributed by atoms with van der Waals surface area (Å²) in [5.41, 5.74) is 1.85. The fraction of sp³-hybridized carbons (Fsp3) is 0.417. The number of carbonyl (C=O) groups excluding carboxylic acids is 2. The number of benzene rings is 2. The van der Waals surface area contributed by atoms with Crippen molar-refractivity contribution in [2.24, 2.45) is 5.92 Å². The van der Waals surface area contributed by atoms with E-state index in [1.165, 1.54) is 12.1 Å². The van der Waals surface area contributed by atoms with E-state index in [1.54, 1.807) is 17.0 Å². The Hall–Kier alpha value is -2.89. The van der Waals surface area contributed by atoms with E-state index in [0.717, 1.165) is 23.3 Å². The number of carbonyl (C=O) groups is 2. The first-order valence-corrected chi connectivity index (χ1v) is 10.5. The van der Waals surface area contributed by atoms with Gasteiger partial charge in [-0.15, -0.1) is 0 Å². The third kappa shape index (κ3) is 6.31. The molecule has 1 N–H and O–H groups in total. The van der Waals surface area contributed by atoms with Crippen molar-refractivity contribution in [1.82, 2.24) is 10.2 Å². The maximum Gasteiger partial charge on any atom is 0.224 e. The van der Waals surface area contributed by atoms with Crippen LogP contribution in [-0.2, 0) is 22.6 Å². The van der Waals surface area contributed by atoms with Crippen molar-refractivity contribution in [3.8, 4) is 5.75 Å². The highest BCUT2D eigenvalue weighted by Crippen LogP contribution is 2.20. The van der Waals surface area contributed by atoms with Crippen molar-refractivity contribution in [3.05, 3.63) is 65.5 Å². The largest absolute Gasteiger partial charge is 0.491 e. The van der Waals surface area contributed by atoms with Gasteiger partial charge in [-0.1, -0.05) is 24.3 Å². The molecule has 1 heterocycles. The minimum atomic E-state index is -0.324. The van der Waals surface area contributed by atoms with Crippen LogP contribution < -0.4 is 10.1 Å². The molecule has 160 valence electrons. The molecular formula is C24H29FN2O3. The zero-order chi connectivity index (χ0) is 21.5. The van der Waals surface area contributed by atoms with Gasteiger partial charge in [0.25, 0.3) is 0 Å². The summed E-state index contributed by atoms with van der Waals surface area (Å²) in [5.74, 6) is 0.245. The summed E-state index contributed by atoms with van der Waals surface area (Å²) in [6.07, 6.45) is 1.75. The van der Waals surface area contributed by atoms with E-state index < -0.39 is 0 Å². The zero-order valence-electron chi connectivity index (χ0n) is 17.6. The van der Waals surface area contributed by atoms with Gasteiger partial charge in [-0.25, -0.2) is 4.39 Å². The predicted molar refractivity (Wildman–Crippen MR) is 113 cm³/mol. The molecule has 2 aromatic carbocycles. The van der Waals surface area contributed by atoms with Crippen LogP contribution in [0.5, 0.6) is 5.75 Å². The van der Waals surface area contributed by atoms with E-state index in [0.29, 0.717) is 32.5 Å². The van der Waals surface area contributed by atoms with Gasteiger partial charge in [0.15, 0.2) is 0 Å². The first-order chi connectivity index (χ1) is 14.4. The molecule has 5 nitrogen and oxygen atoms in total. The number of ether oxygens (including phenoxy) is 1. The first-order valence-electron chi connectivity index (χ1n) is 10.5. The topological polar surface area (TPSA) is 58.6 Å². The number of piperidine rings is 1. The Morgan fingerprint density at radius 1 is 1.20 bits per heavy atom. The molecule has 30 heavy (non-hydrogen) atoms. The van der Waals surface area contributed by atoms with E-state index >= 15 is 0 Å². The van der Waals surface area contributed by atoms with E-state index in [2.05, 4.69) is 5.32 Å². The summed E-state index contributed by atoms with van der Waals surface area (Å²) >= 11 is 0. The molecule has 1 aliphatic rings. The second-order valence-corrected chi connectivity index (χ2v) is 7.99. The summed E-state index contributed by atoms with van der Waals surface area (Å²) in [6, 6.07) is 14.1. The van der Waals surface area contributed by atoms with E-state index in [9.17, 15) is 14.0 Å². The molecule has 0 spiro atoms. The summed E-state index contributed by atoms with van der Waals surface area (Å²) in [5, 5.41) is 2.99. The first kappa shape index (κ1) is 21.8. The van der Waals surface area contributed by atoms with Gasteiger partial charge in [0.05, 0.1) is 12.0 Å². The number of amides is 2. The van der Waals surface area contributed by atoms with Crippen molar-refractivity contribution >= 4 is 11.8 Å². The average Bonchev–Trinajstić information content (AvgIpc) is 2.70. The fourth-order valence-electron chi connectivity index (χ4n) is 3.62. The lowest BCUT2D eigenvalue weighted by molar-refractivity contribution is -0.138. The third-order valence-electron chi connectivity index (χ3n) is 5.14. The lowest BCUT2D eigenvalue weighted by Crippen LogP contribution is -2.45. The highest BCUT2D eigenvalue weighted by molar-refractivity contribution is 5.83. The normalized spacial score (nSPS) is 16.6. The number of nitrogens with one attached hydrogen (secondary N) is 1. The maximum absolute atomic E-state index is 13.4. The van der Waals surface area contributed by atoms with Gasteiger partial charge in [0, 0.05) is 26.1 Å². The van der Waals surface area contributed by atoms with Crippen LogP contribution in [0, 0.1) is 11.7 Å². The van der Waals surface area contributed by atoms with Gasteiger partial charge in [0.2, 0.25) is 11.8 Å². The van der Waals surface area contributed by atoms with Gasteiger partial charge >= 0.3 is 0 Å². The molecule has 0 radical (unpaired) electrons. The molecule has 1 fully saturated rings. The fourth-order valence-corrected chi connectivity index (χ4v) is 3.62. The number of hydrogen-bond donors (Lipinski definition) is 1. The second-order valence-electron chi connectivity index (χ2n) is 7.99. The van der Waals surface area contributed by atoms with Crippen LogP contribution in [0.25, 0.3) is 0 Å². The Kier molecular flexibility index (Phi) is 7.44. The molecule has 1 atom stereocenters. The Morgan fingerprint density at radius 2 is 1.97 bits per heavy atom. The SMILES string of the molecule is CC(C)Oc1ccc(CCNC(=O)[C@H]2CCC(=O)N(Cc3cccc(F)c3)C2)cc1. The summed E-state index contributed by atoms with van der Waals surface area (Å²) in [4.78, 5) is 26.5. The molecule has 1 saturated heterocycles. The molecule has 0 bridgehead atoms. The molecule has 1 aliphatic heterocycles. The standard InChI is InChI=1S/C24H29FN2O3/c1-17(2)30-22-9-6-18(7-10-22)12-13-26-24(29)20-8-11-23(28)27(16-20)15-19-4-3-5-21(25)14-19/h3-7,9-10,14,17,20H,8,11-13,15-16H2,1-2H3,(H,26,29)/t20-/m0/s1. The minimum Gasteiger partial charge on any atom is -0.491 e. The summed E-state index contributed by atoms with van der Waals surface area (Å²) in [6.45, 7) is 5.20. The molecule has 0 aromatic heterocycles. The van der Waals surface area contributed by atoms with Crippen LogP contribution in [-0.4, -0.2) is 35.9 Å². The molecule has 2 aromatic rings. The minimum absolute atomic E-state index is 0.00650. The molecule has 0 unspecified atom stereocenters. The van der Waals surface area contributed by atoms with Crippen LogP contribution in [0.4, 0.5) is 4.39 Å². The molecule has 3 rings (SSSR count). The highest BCUT2D eigenvalue weighted by Gasteiger charge is 2.30. The highest BCUT2D eigenvalue weighted by atomic mass is 19.1. The van der Waals surface area contributed by atoms with E-state index in [4.69, 9.17) is 4.74 Å². The van der Waals surface area contributed by atoms with Crippen LogP contribution in [0.15, 0.2) is 48.5 Å². The number of hydrogen-bond acceptors (Lipinski definition) is 3. The smallest absolute Gasteiger partial charge is 0.224 e. The van der Waals surface area contributed by atoms with Crippen molar-refractivity contribution in [3.63, 3.8) is 0 Å². The Bertz CT molecular complexity index is 867. The number of rotatable bonds is 8. The van der Waals surface area contributed by atoms with Crippen molar-refractivity contribution < 1.29 is 18.7 Å². The lowest BCUT2D eigenvalue weighted by Gasteiger charge is -2.32. The van der Waals surface area contributed by atoms with Crippen molar-refractivity contribution in [2.75, 3.05) is 13.1 Å². The molecule has 2 amide bonds. The summed E-state index contributed by atoms with van der Waals surface area (Å²) < 4.78 is 19.0. The quantitative estimate of drug-likeness (QED) is 0.719. The van der Waals surface area contributed by atoms with E-state index in [-0.39, 0.29) is 29.7 Å². The maximum atomic E-state index is 13.4.